The van der Waals surface area contributed by atoms with E-state index in [9.17, 15) is 9.90 Å². The Morgan fingerprint density at radius 1 is 0.689 bits per heavy atom. The lowest BCUT2D eigenvalue weighted by Gasteiger charge is -2.26. The number of ether oxygens (including phenoxy) is 1. The summed E-state index contributed by atoms with van der Waals surface area (Å²) in [7, 11) is 0. The summed E-state index contributed by atoms with van der Waals surface area (Å²) in [5, 5.41) is 18.2. The van der Waals surface area contributed by atoms with Gasteiger partial charge in [0.05, 0.1) is 17.7 Å². The van der Waals surface area contributed by atoms with Crippen LogP contribution >= 0.6 is 0 Å². The van der Waals surface area contributed by atoms with Gasteiger partial charge in [-0.05, 0) is 54.3 Å². The third-order valence-electron chi connectivity index (χ3n) is 8.31. The predicted molar refractivity (Wildman–Crippen MR) is 181 cm³/mol. The van der Waals surface area contributed by atoms with Gasteiger partial charge in [-0.3, -0.25) is 4.79 Å². The Hall–Kier alpha value is -4.97. The minimum Gasteiger partial charge on any atom is -0.456 e. The van der Waals surface area contributed by atoms with E-state index in [1.807, 2.05) is 97.1 Å². The Labute approximate surface area is 265 Å². The summed E-state index contributed by atoms with van der Waals surface area (Å²) in [6.45, 7) is 1.06. The minimum atomic E-state index is -0.814. The molecule has 0 aliphatic carbocycles. The number of nitrogens with one attached hydrogen (secondary N) is 2. The maximum atomic E-state index is 14.0. The molecule has 1 aliphatic heterocycles. The van der Waals surface area contributed by atoms with E-state index in [0.29, 0.717) is 42.1 Å². The van der Waals surface area contributed by atoms with E-state index in [4.69, 9.17) is 4.74 Å². The van der Waals surface area contributed by atoms with Gasteiger partial charge in [0, 0.05) is 23.6 Å². The van der Waals surface area contributed by atoms with Crippen molar-refractivity contribution in [2.75, 3.05) is 13.1 Å². The van der Waals surface area contributed by atoms with Crippen LogP contribution in [0.3, 0.4) is 0 Å². The van der Waals surface area contributed by atoms with E-state index in [1.165, 1.54) is 11.1 Å². The first-order valence-corrected chi connectivity index (χ1v) is 15.6. The molecule has 0 saturated heterocycles. The van der Waals surface area contributed by atoms with Crippen molar-refractivity contribution >= 4 is 17.6 Å². The van der Waals surface area contributed by atoms with Crippen LogP contribution in [0, 0.1) is 0 Å². The lowest BCUT2D eigenvalue weighted by atomic mass is 9.88. The van der Waals surface area contributed by atoms with E-state index in [2.05, 4.69) is 59.2 Å². The topological polar surface area (TPSA) is 70.6 Å². The molecule has 0 aromatic heterocycles. The molecule has 0 spiro atoms. The molecule has 5 aromatic carbocycles. The van der Waals surface area contributed by atoms with Gasteiger partial charge < -0.3 is 20.5 Å². The van der Waals surface area contributed by atoms with Gasteiger partial charge in [-0.1, -0.05) is 127 Å². The zero-order valence-electron chi connectivity index (χ0n) is 25.2. The van der Waals surface area contributed by atoms with Crippen molar-refractivity contribution < 1.29 is 14.6 Å². The zero-order chi connectivity index (χ0) is 30.8. The van der Waals surface area contributed by atoms with E-state index in [-0.39, 0.29) is 11.8 Å². The van der Waals surface area contributed by atoms with Gasteiger partial charge in [0.15, 0.2) is 0 Å². The molecule has 0 saturated carbocycles. The molecule has 0 fully saturated rings. The van der Waals surface area contributed by atoms with Crippen molar-refractivity contribution in [3.8, 4) is 11.5 Å². The molecule has 5 aromatic rings. The fourth-order valence-electron chi connectivity index (χ4n) is 5.94. The standard InChI is InChI=1S/C40H38N2O3/c43-37(28-41-25-24-33(30-16-6-2-7-17-30)31-18-8-3-9-19-31)36(26-29-14-4-1-5-15-29)42-40(44)35-27-32-20-10-12-22-38(32)45-39-23-13-11-21-34(35)39/h1-23,27,33,36-37,41,43H,24-26,28H2,(H,42,44)/t36-,37+/m0/s1. The van der Waals surface area contributed by atoms with Gasteiger partial charge in [-0.2, -0.15) is 0 Å². The smallest absolute Gasteiger partial charge is 0.252 e. The predicted octanol–water partition coefficient (Wildman–Crippen LogP) is 7.23. The Morgan fingerprint density at radius 3 is 1.96 bits per heavy atom. The van der Waals surface area contributed by atoms with Crippen LogP contribution in [0.5, 0.6) is 11.5 Å². The number of para-hydroxylation sites is 2. The molecule has 1 amide bonds. The van der Waals surface area contributed by atoms with Crippen molar-refractivity contribution in [1.29, 1.82) is 0 Å². The number of hydrogen-bond donors (Lipinski definition) is 3. The molecular weight excluding hydrogens is 556 g/mol. The highest BCUT2D eigenvalue weighted by Gasteiger charge is 2.27. The molecule has 5 nitrogen and oxygen atoms in total. The average Bonchev–Trinajstić information content (AvgIpc) is 3.26. The summed E-state index contributed by atoms with van der Waals surface area (Å²) >= 11 is 0. The molecule has 0 bridgehead atoms. The average molecular weight is 595 g/mol. The highest BCUT2D eigenvalue weighted by atomic mass is 16.5. The molecule has 1 heterocycles. The summed E-state index contributed by atoms with van der Waals surface area (Å²) in [6.07, 6.45) is 2.42. The summed E-state index contributed by atoms with van der Waals surface area (Å²) in [5.74, 6) is 1.30. The van der Waals surface area contributed by atoms with Gasteiger partial charge in [0.2, 0.25) is 0 Å². The minimum absolute atomic E-state index is 0.240. The van der Waals surface area contributed by atoms with E-state index >= 15 is 0 Å². The molecule has 0 unspecified atom stereocenters. The second-order valence-electron chi connectivity index (χ2n) is 11.4. The van der Waals surface area contributed by atoms with Crippen LogP contribution in [-0.4, -0.2) is 36.2 Å². The maximum Gasteiger partial charge on any atom is 0.252 e. The largest absolute Gasteiger partial charge is 0.456 e. The van der Waals surface area contributed by atoms with Crippen LogP contribution in [-0.2, 0) is 11.2 Å². The molecule has 0 radical (unpaired) electrons. The Bertz CT molecular complexity index is 1680. The van der Waals surface area contributed by atoms with Crippen molar-refractivity contribution in [2.24, 2.45) is 0 Å². The third kappa shape index (κ3) is 7.58. The number of amides is 1. The number of aliphatic hydroxyl groups is 1. The first-order valence-electron chi connectivity index (χ1n) is 15.6. The number of carbonyl (C=O) groups is 1. The number of fused-ring (bicyclic) bond motifs is 2. The van der Waals surface area contributed by atoms with Gasteiger partial charge in [0.1, 0.15) is 11.5 Å². The number of rotatable bonds is 12. The van der Waals surface area contributed by atoms with Crippen LogP contribution in [0.2, 0.25) is 0 Å². The summed E-state index contributed by atoms with van der Waals surface area (Å²) in [4.78, 5) is 14.0. The van der Waals surface area contributed by atoms with E-state index in [0.717, 1.165) is 17.5 Å². The summed E-state index contributed by atoms with van der Waals surface area (Å²) in [6, 6.07) is 45.8. The first-order chi connectivity index (χ1) is 22.2. The molecule has 5 heteroatoms. The number of carbonyl (C=O) groups excluding carboxylic acids is 1. The highest BCUT2D eigenvalue weighted by molar-refractivity contribution is 6.25. The number of benzene rings is 5. The second kappa shape index (κ2) is 14.7. The van der Waals surface area contributed by atoms with E-state index in [1.54, 1.807) is 0 Å². The first kappa shape index (κ1) is 30.1. The normalized spacial score (nSPS) is 13.4. The van der Waals surface area contributed by atoms with Crippen LogP contribution < -0.4 is 15.4 Å². The SMILES string of the molecule is O=C(N[C@@H](Cc1ccccc1)[C@H](O)CNCCC(c1ccccc1)c1ccccc1)C1=Cc2ccccc2Oc2ccccc21. The van der Waals surface area contributed by atoms with Crippen molar-refractivity contribution in [1.82, 2.24) is 10.6 Å². The molecule has 45 heavy (non-hydrogen) atoms. The summed E-state index contributed by atoms with van der Waals surface area (Å²) in [5.41, 5.74) is 5.61. The molecule has 226 valence electrons. The molecule has 1 aliphatic rings. The van der Waals surface area contributed by atoms with Crippen LogP contribution in [0.25, 0.3) is 11.6 Å². The quantitative estimate of drug-likeness (QED) is 0.133. The fraction of sp³-hybridized carbons (Fsp3) is 0.175. The number of aliphatic hydroxyl groups excluding tert-OH is 1. The monoisotopic (exact) mass is 594 g/mol. The van der Waals surface area contributed by atoms with Crippen molar-refractivity contribution in [3.63, 3.8) is 0 Å². The van der Waals surface area contributed by atoms with Crippen LogP contribution in [0.1, 0.15) is 40.2 Å². The van der Waals surface area contributed by atoms with Gasteiger partial charge >= 0.3 is 0 Å². The van der Waals surface area contributed by atoms with Gasteiger partial charge in [0.25, 0.3) is 5.91 Å². The molecule has 2 atom stereocenters. The fourth-order valence-corrected chi connectivity index (χ4v) is 5.94. The van der Waals surface area contributed by atoms with Crippen molar-refractivity contribution in [3.05, 3.63) is 167 Å². The zero-order valence-corrected chi connectivity index (χ0v) is 25.2. The summed E-state index contributed by atoms with van der Waals surface area (Å²) < 4.78 is 6.19. The van der Waals surface area contributed by atoms with Crippen LogP contribution in [0.15, 0.2) is 140 Å². The Morgan fingerprint density at radius 2 is 1.27 bits per heavy atom. The van der Waals surface area contributed by atoms with Gasteiger partial charge in [-0.15, -0.1) is 0 Å². The lowest BCUT2D eigenvalue weighted by Crippen LogP contribution is -2.49. The number of hydrogen-bond acceptors (Lipinski definition) is 4. The maximum absolute atomic E-state index is 14.0. The Balaban J connectivity index is 1.18. The molecule has 3 N–H and O–H groups in total. The second-order valence-corrected chi connectivity index (χ2v) is 11.4. The lowest BCUT2D eigenvalue weighted by molar-refractivity contribution is -0.117. The molecular formula is C40H38N2O3. The Kier molecular flexibility index (Phi) is 9.80. The van der Waals surface area contributed by atoms with Crippen molar-refractivity contribution in [2.45, 2.75) is 30.9 Å². The third-order valence-corrected chi connectivity index (χ3v) is 8.31. The van der Waals surface area contributed by atoms with Gasteiger partial charge in [-0.25, -0.2) is 0 Å². The van der Waals surface area contributed by atoms with E-state index < -0.39 is 12.1 Å². The molecule has 6 rings (SSSR count). The highest BCUT2D eigenvalue weighted by Crippen LogP contribution is 2.38. The van der Waals surface area contributed by atoms with Crippen LogP contribution in [0.4, 0.5) is 0 Å².